The van der Waals surface area contributed by atoms with Crippen molar-refractivity contribution in [2.45, 2.75) is 245 Å². The minimum absolute atomic E-state index is 0.0841. The third kappa shape index (κ3) is 41.1. The van der Waals surface area contributed by atoms with E-state index in [0.717, 1.165) is 57.8 Å². The third-order valence-corrected chi connectivity index (χ3v) is 9.96. The van der Waals surface area contributed by atoms with Crippen molar-refractivity contribution < 1.29 is 23.8 Å². The van der Waals surface area contributed by atoms with E-state index in [9.17, 15) is 9.59 Å². The molecule has 0 N–H and O–H groups in total. The molecule has 0 fully saturated rings. The molecular weight excluding hydrogens is 645 g/mol. The lowest BCUT2D eigenvalue weighted by Gasteiger charge is -2.18. The zero-order valence-electron chi connectivity index (χ0n) is 35.1. The molecule has 0 bridgehead atoms. The molecule has 5 nitrogen and oxygen atoms in total. The Bertz CT molecular complexity index is 791. The minimum atomic E-state index is -0.529. The van der Waals surface area contributed by atoms with Crippen molar-refractivity contribution in [2.75, 3.05) is 19.8 Å². The molecule has 306 valence electrons. The molecule has 0 radical (unpaired) electrons. The highest BCUT2D eigenvalue weighted by Crippen LogP contribution is 2.14. The van der Waals surface area contributed by atoms with Gasteiger partial charge in [-0.15, -0.1) is 0 Å². The van der Waals surface area contributed by atoms with Gasteiger partial charge in [-0.25, -0.2) is 0 Å². The molecule has 0 aromatic rings. The first kappa shape index (κ1) is 50.4. The first-order valence-electron chi connectivity index (χ1n) is 22.9. The summed E-state index contributed by atoms with van der Waals surface area (Å²) in [5.74, 6) is -0.414. The Hall–Kier alpha value is -1.62. The Kier molecular flexibility index (Phi) is 42.4. The van der Waals surface area contributed by atoms with Crippen LogP contribution in [0.4, 0.5) is 0 Å². The lowest BCUT2D eigenvalue weighted by Crippen LogP contribution is -2.30. The van der Waals surface area contributed by atoms with E-state index in [1.165, 1.54) is 148 Å². The maximum Gasteiger partial charge on any atom is 0.306 e. The number of hydrogen-bond acceptors (Lipinski definition) is 5. The molecule has 52 heavy (non-hydrogen) atoms. The van der Waals surface area contributed by atoms with Crippen molar-refractivity contribution in [3.05, 3.63) is 24.3 Å². The molecule has 0 aromatic carbocycles. The van der Waals surface area contributed by atoms with Crippen LogP contribution < -0.4 is 0 Å². The first-order chi connectivity index (χ1) is 25.6. The SMILES string of the molecule is CCCC/C=C\CCCCCCCC(=O)OCC(COCCCCCCCCCCCC/C=C\CCCCCCCC)OC(=O)CCCCCCC. The number of allylic oxidation sites excluding steroid dienone is 4. The van der Waals surface area contributed by atoms with E-state index in [0.29, 0.717) is 19.4 Å². The Morgan fingerprint density at radius 3 is 1.23 bits per heavy atom. The van der Waals surface area contributed by atoms with Gasteiger partial charge in [0.2, 0.25) is 0 Å². The molecule has 0 aliphatic carbocycles. The summed E-state index contributed by atoms with van der Waals surface area (Å²) in [6, 6.07) is 0. The van der Waals surface area contributed by atoms with Crippen LogP contribution in [0.15, 0.2) is 24.3 Å². The molecule has 0 saturated heterocycles. The summed E-state index contributed by atoms with van der Waals surface area (Å²) in [6.45, 7) is 7.73. The second-order valence-electron chi connectivity index (χ2n) is 15.3. The topological polar surface area (TPSA) is 61.8 Å². The number of carbonyl (C=O) groups is 2. The van der Waals surface area contributed by atoms with E-state index >= 15 is 0 Å². The quantitative estimate of drug-likeness (QED) is 0.0355. The van der Waals surface area contributed by atoms with E-state index < -0.39 is 6.10 Å². The molecule has 0 heterocycles. The number of carbonyl (C=O) groups excluding carboxylic acids is 2. The third-order valence-electron chi connectivity index (χ3n) is 9.96. The van der Waals surface area contributed by atoms with Gasteiger partial charge in [0, 0.05) is 19.4 Å². The maximum atomic E-state index is 12.5. The first-order valence-corrected chi connectivity index (χ1v) is 22.9. The van der Waals surface area contributed by atoms with Gasteiger partial charge in [0.1, 0.15) is 6.61 Å². The smallest absolute Gasteiger partial charge is 0.306 e. The highest BCUT2D eigenvalue weighted by atomic mass is 16.6. The van der Waals surface area contributed by atoms with Crippen molar-refractivity contribution in [1.82, 2.24) is 0 Å². The standard InChI is InChI=1S/C47H88O5/c1-4-7-10-13-15-17-19-20-21-22-23-24-25-26-27-29-31-33-36-39-42-50-43-45(52-47(49)41-38-34-12-9-6-3)44-51-46(48)40-37-35-32-30-28-18-16-14-11-8-5-2/h14,16,20-21,45H,4-13,15,17-19,22-44H2,1-3H3/b16-14-,21-20-. The normalized spacial score (nSPS) is 12.3. The molecule has 0 amide bonds. The van der Waals surface area contributed by atoms with Gasteiger partial charge in [0.15, 0.2) is 6.10 Å². The highest BCUT2D eigenvalue weighted by Gasteiger charge is 2.17. The summed E-state index contributed by atoms with van der Waals surface area (Å²) >= 11 is 0. The highest BCUT2D eigenvalue weighted by molar-refractivity contribution is 5.70. The zero-order chi connectivity index (χ0) is 37.8. The second kappa shape index (κ2) is 43.8. The molecule has 5 heteroatoms. The lowest BCUT2D eigenvalue weighted by molar-refractivity contribution is -0.163. The van der Waals surface area contributed by atoms with Gasteiger partial charge < -0.3 is 14.2 Å². The van der Waals surface area contributed by atoms with Crippen molar-refractivity contribution in [3.63, 3.8) is 0 Å². The van der Waals surface area contributed by atoms with E-state index in [1.54, 1.807) is 0 Å². The number of ether oxygens (including phenoxy) is 3. The fourth-order valence-corrected chi connectivity index (χ4v) is 6.48. The summed E-state index contributed by atoms with van der Waals surface area (Å²) in [5, 5.41) is 0. The zero-order valence-corrected chi connectivity index (χ0v) is 35.1. The lowest BCUT2D eigenvalue weighted by atomic mass is 10.1. The molecule has 0 aliphatic heterocycles. The summed E-state index contributed by atoms with van der Waals surface area (Å²) in [5.41, 5.74) is 0. The average Bonchev–Trinajstić information content (AvgIpc) is 3.14. The maximum absolute atomic E-state index is 12.5. The van der Waals surface area contributed by atoms with Gasteiger partial charge in [-0.3, -0.25) is 9.59 Å². The Balaban J connectivity index is 3.98. The molecular formula is C47H88O5. The number of esters is 2. The monoisotopic (exact) mass is 733 g/mol. The predicted molar refractivity (Wildman–Crippen MR) is 224 cm³/mol. The van der Waals surface area contributed by atoms with Gasteiger partial charge in [-0.05, 0) is 64.2 Å². The van der Waals surface area contributed by atoms with Gasteiger partial charge in [-0.1, -0.05) is 186 Å². The van der Waals surface area contributed by atoms with E-state index in [4.69, 9.17) is 14.2 Å². The largest absolute Gasteiger partial charge is 0.462 e. The van der Waals surface area contributed by atoms with Crippen LogP contribution in [0, 0.1) is 0 Å². The average molecular weight is 733 g/mol. The Labute approximate surface area is 324 Å². The molecule has 0 rings (SSSR count). The molecule has 0 aromatic heterocycles. The van der Waals surface area contributed by atoms with Crippen molar-refractivity contribution in [1.29, 1.82) is 0 Å². The van der Waals surface area contributed by atoms with Crippen molar-refractivity contribution in [2.24, 2.45) is 0 Å². The van der Waals surface area contributed by atoms with Crippen LogP contribution in [0.5, 0.6) is 0 Å². The molecule has 0 spiro atoms. The van der Waals surface area contributed by atoms with Crippen molar-refractivity contribution in [3.8, 4) is 0 Å². The van der Waals surface area contributed by atoms with E-state index in [2.05, 4.69) is 45.1 Å². The fraction of sp³-hybridized carbons (Fsp3) is 0.872. The van der Waals surface area contributed by atoms with Crippen LogP contribution in [0.3, 0.4) is 0 Å². The molecule has 1 atom stereocenters. The summed E-state index contributed by atoms with van der Waals surface area (Å²) < 4.78 is 17.2. The second-order valence-corrected chi connectivity index (χ2v) is 15.3. The van der Waals surface area contributed by atoms with Crippen LogP contribution >= 0.6 is 0 Å². The van der Waals surface area contributed by atoms with Gasteiger partial charge in [0.05, 0.1) is 6.61 Å². The minimum Gasteiger partial charge on any atom is -0.462 e. The predicted octanol–water partition coefficient (Wildman–Crippen LogP) is 14.9. The summed E-state index contributed by atoms with van der Waals surface area (Å²) in [6.07, 6.45) is 49.2. The fourth-order valence-electron chi connectivity index (χ4n) is 6.48. The van der Waals surface area contributed by atoms with Crippen LogP contribution in [0.1, 0.15) is 239 Å². The van der Waals surface area contributed by atoms with Crippen LogP contribution in [-0.4, -0.2) is 37.9 Å². The number of rotatable bonds is 42. The van der Waals surface area contributed by atoms with Crippen LogP contribution in [0.2, 0.25) is 0 Å². The number of unbranched alkanes of at least 4 members (excludes halogenated alkanes) is 27. The Morgan fingerprint density at radius 1 is 0.404 bits per heavy atom. The van der Waals surface area contributed by atoms with Crippen molar-refractivity contribution >= 4 is 11.9 Å². The van der Waals surface area contributed by atoms with Crippen LogP contribution in [-0.2, 0) is 23.8 Å². The van der Waals surface area contributed by atoms with E-state index in [1.807, 2.05) is 0 Å². The molecule has 0 saturated carbocycles. The molecule has 1 unspecified atom stereocenters. The van der Waals surface area contributed by atoms with Gasteiger partial charge >= 0.3 is 11.9 Å². The summed E-state index contributed by atoms with van der Waals surface area (Å²) in [7, 11) is 0. The Morgan fingerprint density at radius 2 is 0.769 bits per heavy atom. The van der Waals surface area contributed by atoms with E-state index in [-0.39, 0.29) is 25.2 Å². The van der Waals surface area contributed by atoms with Gasteiger partial charge in [-0.2, -0.15) is 0 Å². The number of hydrogen-bond donors (Lipinski definition) is 0. The van der Waals surface area contributed by atoms with Crippen LogP contribution in [0.25, 0.3) is 0 Å². The summed E-state index contributed by atoms with van der Waals surface area (Å²) in [4.78, 5) is 24.9. The van der Waals surface area contributed by atoms with Gasteiger partial charge in [0.25, 0.3) is 0 Å². The molecule has 0 aliphatic rings.